The van der Waals surface area contributed by atoms with Crippen LogP contribution in [-0.4, -0.2) is 34.2 Å². The number of Topliss-reactive ketones (excluding diaryl/α,β-unsaturated/α-hetero) is 1. The fourth-order valence-electron chi connectivity index (χ4n) is 0.488. The summed E-state index contributed by atoms with van der Waals surface area (Å²) >= 11 is 0. The van der Waals surface area contributed by atoms with E-state index in [0.29, 0.717) is 0 Å². The average molecular weight is 176 g/mol. The number of esters is 1. The highest BCUT2D eigenvalue weighted by Gasteiger charge is 2.20. The highest BCUT2D eigenvalue weighted by molar-refractivity contribution is 6.35. The van der Waals surface area contributed by atoms with Gasteiger partial charge in [-0.25, -0.2) is 9.59 Å². The Morgan fingerprint density at radius 2 is 1.92 bits per heavy atom. The highest BCUT2D eigenvalue weighted by atomic mass is 16.7. The molecule has 1 unspecified atom stereocenters. The van der Waals surface area contributed by atoms with Crippen molar-refractivity contribution in [2.24, 2.45) is 0 Å². The molecule has 2 N–H and O–H groups in total. The Morgan fingerprint density at radius 3 is 2.25 bits per heavy atom. The average Bonchev–Trinajstić information content (AvgIpc) is 1.84. The van der Waals surface area contributed by atoms with E-state index >= 15 is 0 Å². The molecule has 0 aliphatic rings. The quantitative estimate of drug-likeness (QED) is 0.343. The molecule has 0 saturated carbocycles. The van der Waals surface area contributed by atoms with Crippen molar-refractivity contribution in [1.82, 2.24) is 0 Å². The molecule has 0 aliphatic heterocycles. The van der Waals surface area contributed by atoms with Crippen LogP contribution in [0, 0.1) is 0 Å². The summed E-state index contributed by atoms with van der Waals surface area (Å²) in [4.78, 5) is 30.8. The maximum atomic E-state index is 10.6. The number of ketones is 1. The molecule has 0 amide bonds. The van der Waals surface area contributed by atoms with Crippen LogP contribution in [-0.2, 0) is 14.3 Å². The zero-order valence-corrected chi connectivity index (χ0v) is 6.31. The summed E-state index contributed by atoms with van der Waals surface area (Å²) < 4.78 is 3.53. The highest BCUT2D eigenvalue weighted by Crippen LogP contribution is 1.93. The van der Waals surface area contributed by atoms with Gasteiger partial charge in [-0.1, -0.05) is 0 Å². The van der Waals surface area contributed by atoms with Gasteiger partial charge >= 0.3 is 12.1 Å². The third-order valence-electron chi connectivity index (χ3n) is 0.888. The molecule has 0 fully saturated rings. The predicted octanol–water partition coefficient (Wildman–Crippen LogP) is -0.452. The van der Waals surface area contributed by atoms with E-state index < -0.39 is 30.4 Å². The van der Waals surface area contributed by atoms with Crippen molar-refractivity contribution >= 4 is 17.9 Å². The number of carboxylic acid groups (broad SMARTS) is 1. The Labute approximate surface area is 67.8 Å². The van der Waals surface area contributed by atoms with Crippen LogP contribution in [0.2, 0.25) is 0 Å². The molecule has 0 aromatic heterocycles. The molecule has 6 heteroatoms. The van der Waals surface area contributed by atoms with Crippen LogP contribution in [0.5, 0.6) is 0 Å². The number of hydrogen-bond acceptors (Lipinski definition) is 5. The second-order valence-electron chi connectivity index (χ2n) is 2.13. The van der Waals surface area contributed by atoms with Crippen LogP contribution in [0.15, 0.2) is 0 Å². The molecule has 0 spiro atoms. The smallest absolute Gasteiger partial charge is 0.449 e. The predicted molar refractivity (Wildman–Crippen MR) is 35.4 cm³/mol. The van der Waals surface area contributed by atoms with Crippen LogP contribution in [0.1, 0.15) is 13.3 Å². The first-order valence-corrected chi connectivity index (χ1v) is 3.09. The third-order valence-corrected chi connectivity index (χ3v) is 0.888. The third kappa shape index (κ3) is 4.40. The van der Waals surface area contributed by atoms with Crippen molar-refractivity contribution in [1.29, 1.82) is 0 Å². The maximum Gasteiger partial charge on any atom is 0.513 e. The van der Waals surface area contributed by atoms with E-state index in [1.165, 1.54) is 6.92 Å². The zero-order chi connectivity index (χ0) is 9.72. The molecule has 0 rings (SSSR count). The minimum atomic E-state index is -1.83. The lowest BCUT2D eigenvalue weighted by Gasteiger charge is -2.00. The first kappa shape index (κ1) is 10.6. The minimum Gasteiger partial charge on any atom is -0.449 e. The van der Waals surface area contributed by atoms with Crippen LogP contribution < -0.4 is 0 Å². The standard InChI is InChI=1S/C6H8O6/c1-3(7)2-4(8)5(9)12-6(10)11/h3,7H,2H2,1H3,(H,10,11). The largest absolute Gasteiger partial charge is 0.513 e. The molecular formula is C6H8O6. The van der Waals surface area contributed by atoms with Crippen LogP contribution in [0.4, 0.5) is 4.79 Å². The molecule has 0 aromatic carbocycles. The monoisotopic (exact) mass is 176 g/mol. The summed E-state index contributed by atoms with van der Waals surface area (Å²) in [5.41, 5.74) is 0. The van der Waals surface area contributed by atoms with Crippen molar-refractivity contribution in [3.8, 4) is 0 Å². The van der Waals surface area contributed by atoms with Crippen molar-refractivity contribution in [3.63, 3.8) is 0 Å². The Kier molecular flexibility index (Phi) is 3.92. The fraction of sp³-hybridized carbons (Fsp3) is 0.500. The number of aliphatic hydroxyl groups is 1. The van der Waals surface area contributed by atoms with Gasteiger partial charge < -0.3 is 14.9 Å². The molecule has 6 nitrogen and oxygen atoms in total. The van der Waals surface area contributed by atoms with Gasteiger partial charge in [-0.05, 0) is 6.92 Å². The van der Waals surface area contributed by atoms with Crippen LogP contribution in [0.25, 0.3) is 0 Å². The summed E-state index contributed by atoms with van der Waals surface area (Å²) in [6.45, 7) is 1.30. The molecule has 0 aromatic rings. The van der Waals surface area contributed by atoms with E-state index in [4.69, 9.17) is 10.2 Å². The molecule has 1 atom stereocenters. The lowest BCUT2D eigenvalue weighted by atomic mass is 10.2. The normalized spacial score (nSPS) is 11.8. The van der Waals surface area contributed by atoms with Gasteiger partial charge in [0, 0.05) is 6.42 Å². The lowest BCUT2D eigenvalue weighted by Crippen LogP contribution is -2.23. The van der Waals surface area contributed by atoms with Gasteiger partial charge in [0.25, 0.3) is 0 Å². The Morgan fingerprint density at radius 1 is 1.42 bits per heavy atom. The maximum absolute atomic E-state index is 10.6. The summed E-state index contributed by atoms with van der Waals surface area (Å²) in [6.07, 6.45) is -3.26. The topological polar surface area (TPSA) is 101 Å². The first-order chi connectivity index (χ1) is 5.43. The SMILES string of the molecule is CC(O)CC(=O)C(=O)OC(=O)O. The van der Waals surface area contributed by atoms with E-state index in [1.54, 1.807) is 0 Å². The second-order valence-corrected chi connectivity index (χ2v) is 2.13. The molecule has 68 valence electrons. The van der Waals surface area contributed by atoms with E-state index in [1.807, 2.05) is 0 Å². The Bertz CT molecular complexity index is 206. The Hall–Kier alpha value is -1.43. The number of aliphatic hydroxyl groups excluding tert-OH is 1. The van der Waals surface area contributed by atoms with E-state index in [9.17, 15) is 14.4 Å². The number of carbonyl (C=O) groups excluding carboxylic acids is 2. The van der Waals surface area contributed by atoms with Crippen molar-refractivity contribution in [3.05, 3.63) is 0 Å². The van der Waals surface area contributed by atoms with Crippen LogP contribution >= 0.6 is 0 Å². The number of ether oxygens (including phenoxy) is 1. The molecular weight excluding hydrogens is 168 g/mol. The summed E-state index contributed by atoms with van der Waals surface area (Å²) in [7, 11) is 0. The summed E-state index contributed by atoms with van der Waals surface area (Å²) in [5.74, 6) is -2.53. The van der Waals surface area contributed by atoms with Crippen molar-refractivity contribution < 1.29 is 29.3 Å². The Balaban J connectivity index is 3.94. The van der Waals surface area contributed by atoms with Crippen molar-refractivity contribution in [2.75, 3.05) is 0 Å². The van der Waals surface area contributed by atoms with Crippen LogP contribution in [0.3, 0.4) is 0 Å². The molecule has 0 aliphatic carbocycles. The molecule has 0 saturated heterocycles. The molecule has 12 heavy (non-hydrogen) atoms. The van der Waals surface area contributed by atoms with Gasteiger partial charge in [-0.3, -0.25) is 4.79 Å². The van der Waals surface area contributed by atoms with Gasteiger partial charge in [0.2, 0.25) is 5.78 Å². The van der Waals surface area contributed by atoms with Gasteiger partial charge in [-0.2, -0.15) is 0 Å². The van der Waals surface area contributed by atoms with Gasteiger partial charge in [0.05, 0.1) is 6.10 Å². The zero-order valence-electron chi connectivity index (χ0n) is 6.31. The van der Waals surface area contributed by atoms with E-state index in [0.717, 1.165) is 0 Å². The van der Waals surface area contributed by atoms with Gasteiger partial charge in [-0.15, -0.1) is 0 Å². The molecule has 0 bridgehead atoms. The second kappa shape index (κ2) is 4.45. The van der Waals surface area contributed by atoms with E-state index in [-0.39, 0.29) is 0 Å². The number of rotatable bonds is 3. The van der Waals surface area contributed by atoms with Gasteiger partial charge in [0.15, 0.2) is 0 Å². The summed E-state index contributed by atoms with van der Waals surface area (Å²) in [5, 5.41) is 16.5. The molecule has 0 heterocycles. The first-order valence-electron chi connectivity index (χ1n) is 3.09. The van der Waals surface area contributed by atoms with E-state index in [2.05, 4.69) is 4.74 Å². The fourth-order valence-corrected chi connectivity index (χ4v) is 0.488. The number of carbonyl (C=O) groups is 3. The lowest BCUT2D eigenvalue weighted by molar-refractivity contribution is -0.151. The summed E-state index contributed by atoms with van der Waals surface area (Å²) in [6, 6.07) is 0. The molecule has 0 radical (unpaired) electrons. The minimum absolute atomic E-state index is 0.438. The number of hydrogen-bond donors (Lipinski definition) is 2. The van der Waals surface area contributed by atoms with Crippen molar-refractivity contribution in [2.45, 2.75) is 19.4 Å². The van der Waals surface area contributed by atoms with Gasteiger partial charge in [0.1, 0.15) is 0 Å².